The van der Waals surface area contributed by atoms with Gasteiger partial charge in [0, 0.05) is 30.3 Å². The summed E-state index contributed by atoms with van der Waals surface area (Å²) in [5.41, 5.74) is 2.31. The molecule has 6 rings (SSSR count). The van der Waals surface area contributed by atoms with Crippen LogP contribution in [-0.2, 0) is 14.3 Å². The highest BCUT2D eigenvalue weighted by atomic mass is 32.1. The van der Waals surface area contributed by atoms with E-state index in [1.54, 1.807) is 49.0 Å². The maximum atomic E-state index is 14.4. The molecule has 1 atom stereocenters. The van der Waals surface area contributed by atoms with Gasteiger partial charge < -0.3 is 18.9 Å². The number of aromatic nitrogens is 3. The van der Waals surface area contributed by atoms with Crippen LogP contribution in [0.25, 0.3) is 23.0 Å². The van der Waals surface area contributed by atoms with Crippen LogP contribution in [0.2, 0.25) is 0 Å². The van der Waals surface area contributed by atoms with Gasteiger partial charge in [0.1, 0.15) is 5.69 Å². The summed E-state index contributed by atoms with van der Waals surface area (Å²) in [5.74, 6) is -0.722. The van der Waals surface area contributed by atoms with E-state index < -0.39 is 28.5 Å². The number of ether oxygens (including phenoxy) is 4. The minimum absolute atomic E-state index is 0.123. The zero-order valence-corrected chi connectivity index (χ0v) is 28.9. The Morgan fingerprint density at radius 3 is 2.45 bits per heavy atom. The van der Waals surface area contributed by atoms with Gasteiger partial charge in [-0.1, -0.05) is 35.6 Å². The largest absolute Gasteiger partial charge is 0.493 e. The van der Waals surface area contributed by atoms with E-state index in [2.05, 4.69) is 4.99 Å². The fraction of sp³-hybridized carbons (Fsp3) is 0.194. The zero-order chi connectivity index (χ0) is 36.4. The molecule has 0 saturated carbocycles. The summed E-state index contributed by atoms with van der Waals surface area (Å²) in [7, 11) is 2.65. The summed E-state index contributed by atoms with van der Waals surface area (Å²) in [5, 5.41) is 16.8. The lowest BCUT2D eigenvalue weighted by Gasteiger charge is -2.25. The Hall–Kier alpha value is -6.35. The summed E-state index contributed by atoms with van der Waals surface area (Å²) in [6.07, 6.45) is 3.37. The van der Waals surface area contributed by atoms with Crippen LogP contribution in [0.15, 0.2) is 94.0 Å². The van der Waals surface area contributed by atoms with E-state index >= 15 is 0 Å². The van der Waals surface area contributed by atoms with Crippen molar-refractivity contribution in [2.24, 2.45) is 4.99 Å². The van der Waals surface area contributed by atoms with Crippen molar-refractivity contribution in [3.05, 3.63) is 125 Å². The maximum Gasteiger partial charge on any atom is 0.338 e. The molecule has 0 spiro atoms. The number of benzene rings is 3. The highest BCUT2D eigenvalue weighted by Crippen LogP contribution is 2.37. The number of nitro benzene ring substituents is 1. The Morgan fingerprint density at radius 2 is 1.78 bits per heavy atom. The molecule has 5 aromatic rings. The van der Waals surface area contributed by atoms with Crippen LogP contribution in [0.1, 0.15) is 37.9 Å². The second kappa shape index (κ2) is 14.2. The fourth-order valence-corrected chi connectivity index (χ4v) is 6.80. The van der Waals surface area contributed by atoms with E-state index in [1.807, 2.05) is 30.3 Å². The number of methoxy groups -OCH3 is 2. The summed E-state index contributed by atoms with van der Waals surface area (Å²) < 4.78 is 24.6. The van der Waals surface area contributed by atoms with Gasteiger partial charge in [-0.05, 0) is 61.9 Å². The third-order valence-corrected chi connectivity index (χ3v) is 8.95. The van der Waals surface area contributed by atoms with Crippen molar-refractivity contribution >= 4 is 35.0 Å². The summed E-state index contributed by atoms with van der Waals surface area (Å²) in [6, 6.07) is 17.6. The van der Waals surface area contributed by atoms with Gasteiger partial charge in [-0.3, -0.25) is 24.3 Å². The fourth-order valence-electron chi connectivity index (χ4n) is 5.76. The molecule has 0 saturated heterocycles. The monoisotopic (exact) mass is 709 g/mol. The van der Waals surface area contributed by atoms with E-state index in [0.29, 0.717) is 32.9 Å². The number of hydrogen-bond donors (Lipinski definition) is 0. The number of allylic oxidation sites excluding steroid dienone is 1. The number of carbonyl (C=O) groups is 2. The number of hydrogen-bond acceptors (Lipinski definition) is 12. The van der Waals surface area contributed by atoms with Crippen molar-refractivity contribution < 1.29 is 33.5 Å². The number of nitrogens with zero attached hydrogens (tertiary/aromatic N) is 5. The van der Waals surface area contributed by atoms with Gasteiger partial charge in [-0.2, -0.15) is 5.10 Å². The molecule has 260 valence electrons. The Kier molecular flexibility index (Phi) is 9.64. The summed E-state index contributed by atoms with van der Waals surface area (Å²) in [4.78, 5) is 55.7. The lowest BCUT2D eigenvalue weighted by molar-refractivity contribution is -0.385. The molecule has 0 bridgehead atoms. The molecular weight excluding hydrogens is 678 g/mol. The Balaban J connectivity index is 1.57. The van der Waals surface area contributed by atoms with Crippen molar-refractivity contribution in [3.63, 3.8) is 0 Å². The lowest BCUT2D eigenvalue weighted by atomic mass is 9.95. The van der Waals surface area contributed by atoms with Crippen molar-refractivity contribution in [2.75, 3.05) is 20.8 Å². The second-order valence-corrected chi connectivity index (χ2v) is 12.2. The van der Waals surface area contributed by atoms with Crippen LogP contribution in [0.5, 0.6) is 17.2 Å². The molecule has 1 aliphatic rings. The number of fused-ring (bicyclic) bond motifs is 1. The molecule has 1 unspecified atom stereocenters. The SMILES string of the molecule is CCOc1ccc(-c2nn(-c3ccccc3)cc2C=c2sc3n(c2=O)C(c2ccc(OC(C)=O)c(OC)c2)C(C(=O)OC)=C(C)N=3)cc1[N+](=O)[O-]. The van der Waals surface area contributed by atoms with Crippen LogP contribution >= 0.6 is 11.3 Å². The van der Waals surface area contributed by atoms with E-state index in [0.717, 1.165) is 17.0 Å². The molecule has 51 heavy (non-hydrogen) atoms. The van der Waals surface area contributed by atoms with Gasteiger partial charge in [0.2, 0.25) is 0 Å². The number of esters is 2. The minimum Gasteiger partial charge on any atom is -0.493 e. The van der Waals surface area contributed by atoms with Gasteiger partial charge in [-0.25, -0.2) is 14.5 Å². The smallest absolute Gasteiger partial charge is 0.338 e. The highest BCUT2D eigenvalue weighted by Gasteiger charge is 2.34. The number of nitro groups is 1. The third kappa shape index (κ3) is 6.66. The average molecular weight is 710 g/mol. The van der Waals surface area contributed by atoms with Gasteiger partial charge in [-0.15, -0.1) is 0 Å². The molecule has 3 aromatic carbocycles. The average Bonchev–Trinajstić information content (AvgIpc) is 3.68. The van der Waals surface area contributed by atoms with Crippen molar-refractivity contribution in [1.29, 1.82) is 0 Å². The summed E-state index contributed by atoms with van der Waals surface area (Å²) in [6.45, 7) is 4.90. The molecule has 15 heteroatoms. The molecule has 0 N–H and O–H groups in total. The second-order valence-electron chi connectivity index (χ2n) is 11.2. The van der Waals surface area contributed by atoms with E-state index in [-0.39, 0.29) is 39.6 Å². The Bertz CT molecular complexity index is 2410. The minimum atomic E-state index is -0.976. The van der Waals surface area contributed by atoms with Crippen molar-refractivity contribution in [1.82, 2.24) is 14.3 Å². The van der Waals surface area contributed by atoms with Gasteiger partial charge in [0.25, 0.3) is 5.56 Å². The first kappa shape index (κ1) is 34.5. The van der Waals surface area contributed by atoms with Crippen LogP contribution in [0, 0.1) is 10.1 Å². The molecule has 1 aliphatic heterocycles. The first-order valence-corrected chi connectivity index (χ1v) is 16.4. The molecule has 0 amide bonds. The predicted molar refractivity (Wildman–Crippen MR) is 187 cm³/mol. The number of thiazole rings is 1. The van der Waals surface area contributed by atoms with Gasteiger partial charge >= 0.3 is 17.6 Å². The molecule has 14 nitrogen and oxygen atoms in total. The van der Waals surface area contributed by atoms with Crippen LogP contribution in [0.4, 0.5) is 5.69 Å². The van der Waals surface area contributed by atoms with E-state index in [9.17, 15) is 24.5 Å². The van der Waals surface area contributed by atoms with Crippen molar-refractivity contribution in [2.45, 2.75) is 26.8 Å². The molecular formula is C36H31N5O9S. The van der Waals surface area contributed by atoms with E-state index in [4.69, 9.17) is 24.0 Å². The molecule has 2 aromatic heterocycles. The molecule has 0 aliphatic carbocycles. The zero-order valence-electron chi connectivity index (χ0n) is 28.1. The maximum absolute atomic E-state index is 14.4. The quantitative estimate of drug-likeness (QED) is 0.0872. The van der Waals surface area contributed by atoms with Crippen LogP contribution in [-0.4, -0.2) is 52.0 Å². The van der Waals surface area contributed by atoms with Crippen molar-refractivity contribution in [3.8, 4) is 34.2 Å². The lowest BCUT2D eigenvalue weighted by Crippen LogP contribution is -2.39. The molecule has 0 radical (unpaired) electrons. The van der Waals surface area contributed by atoms with Gasteiger partial charge in [0.15, 0.2) is 22.0 Å². The van der Waals surface area contributed by atoms with Gasteiger partial charge in [0.05, 0.1) is 53.3 Å². The Morgan fingerprint density at radius 1 is 1.04 bits per heavy atom. The normalized spacial score (nSPS) is 14.1. The Labute approximate surface area is 294 Å². The first-order chi connectivity index (χ1) is 24.5. The molecule has 3 heterocycles. The predicted octanol–water partition coefficient (Wildman–Crippen LogP) is 4.50. The number of carbonyl (C=O) groups excluding carboxylic acids is 2. The van der Waals surface area contributed by atoms with Crippen LogP contribution < -0.4 is 29.1 Å². The number of para-hydroxylation sites is 1. The standard InChI is InChI=1S/C36H31N5O9S/c1-6-49-27-14-12-22(16-26(27)41(45)46)32-24(19-39(38-32)25-10-8-7-9-11-25)18-30-34(43)40-33(31(35(44)48-5)20(2)37-36(40)51-30)23-13-15-28(50-21(3)42)29(17-23)47-4/h7-19,33H,6H2,1-5H3. The first-order valence-electron chi connectivity index (χ1n) is 15.6. The third-order valence-electron chi connectivity index (χ3n) is 7.96. The van der Waals surface area contributed by atoms with Crippen LogP contribution in [0.3, 0.4) is 0 Å². The highest BCUT2D eigenvalue weighted by molar-refractivity contribution is 7.07. The number of rotatable bonds is 10. The topological polar surface area (TPSA) is 166 Å². The molecule has 0 fully saturated rings. The summed E-state index contributed by atoms with van der Waals surface area (Å²) >= 11 is 1.10. The van der Waals surface area contributed by atoms with E-state index in [1.165, 1.54) is 43.9 Å².